The molecule has 0 radical (unpaired) electrons. The number of thiophene rings is 1. The highest BCUT2D eigenvalue weighted by molar-refractivity contribution is 7.07. The lowest BCUT2D eigenvalue weighted by molar-refractivity contribution is -0.137. The van der Waals surface area contributed by atoms with Gasteiger partial charge < -0.3 is 9.32 Å². The van der Waals surface area contributed by atoms with E-state index >= 15 is 0 Å². The van der Waals surface area contributed by atoms with E-state index in [0.29, 0.717) is 12.3 Å². The fourth-order valence-electron chi connectivity index (χ4n) is 2.40. The molecule has 130 valence electrons. The number of hydrogen-bond acceptors (Lipinski definition) is 3. The van der Waals surface area contributed by atoms with Crippen molar-refractivity contribution in [2.45, 2.75) is 19.3 Å². The average molecular weight is 365 g/mol. The van der Waals surface area contributed by atoms with Gasteiger partial charge in [0.2, 0.25) is 0 Å². The molecule has 0 aliphatic carbocycles. The predicted molar refractivity (Wildman–Crippen MR) is 88.0 cm³/mol. The van der Waals surface area contributed by atoms with Gasteiger partial charge in [0.25, 0.3) is 5.91 Å². The Bertz CT molecular complexity index is 790. The molecule has 0 aliphatic heterocycles. The summed E-state index contributed by atoms with van der Waals surface area (Å²) in [6.45, 7) is 0.469. The highest BCUT2D eigenvalue weighted by Crippen LogP contribution is 2.30. The lowest BCUT2D eigenvalue weighted by atomic mass is 10.1. The van der Waals surface area contributed by atoms with E-state index in [1.807, 2.05) is 16.8 Å². The largest absolute Gasteiger partial charge is 0.467 e. The number of alkyl halides is 3. The van der Waals surface area contributed by atoms with Crippen LogP contribution in [0.4, 0.5) is 13.2 Å². The number of benzene rings is 1. The van der Waals surface area contributed by atoms with Crippen LogP contribution in [-0.4, -0.2) is 10.8 Å². The third kappa shape index (κ3) is 4.30. The molecule has 2 aromatic heterocycles. The second-order valence-electron chi connectivity index (χ2n) is 5.45. The normalized spacial score (nSPS) is 11.5. The molecule has 0 saturated carbocycles. The molecule has 0 fully saturated rings. The number of furan rings is 1. The Hall–Kier alpha value is -2.54. The van der Waals surface area contributed by atoms with Crippen molar-refractivity contribution in [2.75, 3.05) is 0 Å². The lowest BCUT2D eigenvalue weighted by Crippen LogP contribution is -2.30. The van der Waals surface area contributed by atoms with Gasteiger partial charge in [-0.3, -0.25) is 4.79 Å². The minimum atomic E-state index is -4.49. The summed E-state index contributed by atoms with van der Waals surface area (Å²) in [5, 5.41) is 3.78. The Morgan fingerprint density at radius 1 is 1.12 bits per heavy atom. The zero-order valence-corrected chi connectivity index (χ0v) is 13.8. The molecule has 2 heterocycles. The van der Waals surface area contributed by atoms with Gasteiger partial charge in [-0.1, -0.05) is 6.07 Å². The average Bonchev–Trinajstić information content (AvgIpc) is 3.27. The zero-order valence-electron chi connectivity index (χ0n) is 13.0. The molecule has 0 N–H and O–H groups in total. The van der Waals surface area contributed by atoms with E-state index in [2.05, 4.69) is 0 Å². The van der Waals surface area contributed by atoms with Gasteiger partial charge in [-0.2, -0.15) is 24.5 Å². The van der Waals surface area contributed by atoms with E-state index in [1.165, 1.54) is 34.6 Å². The number of rotatable bonds is 5. The van der Waals surface area contributed by atoms with Crippen LogP contribution in [0.1, 0.15) is 27.2 Å². The summed E-state index contributed by atoms with van der Waals surface area (Å²) >= 11 is 1.49. The van der Waals surface area contributed by atoms with Crippen molar-refractivity contribution in [1.29, 1.82) is 0 Å². The van der Waals surface area contributed by atoms with Crippen LogP contribution in [0.5, 0.6) is 0 Å². The second-order valence-corrected chi connectivity index (χ2v) is 6.23. The van der Waals surface area contributed by atoms with Crippen molar-refractivity contribution in [3.8, 4) is 0 Å². The van der Waals surface area contributed by atoms with Crippen LogP contribution in [0.25, 0.3) is 0 Å². The van der Waals surface area contributed by atoms with Gasteiger partial charge in [0.05, 0.1) is 18.4 Å². The third-order valence-electron chi connectivity index (χ3n) is 3.60. The third-order valence-corrected chi connectivity index (χ3v) is 4.34. The molecular weight excluding hydrogens is 351 g/mol. The van der Waals surface area contributed by atoms with Crippen LogP contribution in [0.3, 0.4) is 0 Å². The first-order valence-electron chi connectivity index (χ1n) is 7.43. The maximum Gasteiger partial charge on any atom is 0.416 e. The molecule has 7 heteroatoms. The van der Waals surface area contributed by atoms with Gasteiger partial charge in [-0.15, -0.1) is 0 Å². The smallest absolute Gasteiger partial charge is 0.416 e. The van der Waals surface area contributed by atoms with Crippen molar-refractivity contribution in [1.82, 2.24) is 4.90 Å². The first kappa shape index (κ1) is 17.3. The van der Waals surface area contributed by atoms with Crippen molar-refractivity contribution in [3.63, 3.8) is 0 Å². The molecular formula is C18H14F3NO2S. The summed E-state index contributed by atoms with van der Waals surface area (Å²) in [7, 11) is 0. The number of amides is 1. The molecule has 0 atom stereocenters. The van der Waals surface area contributed by atoms with Crippen LogP contribution in [0, 0.1) is 0 Å². The number of nitrogens with zero attached hydrogens (tertiary/aromatic N) is 1. The van der Waals surface area contributed by atoms with E-state index < -0.39 is 17.6 Å². The summed E-state index contributed by atoms with van der Waals surface area (Å²) in [6, 6.07) is 9.76. The summed E-state index contributed by atoms with van der Waals surface area (Å²) < 4.78 is 44.0. The molecule has 0 spiro atoms. The fourth-order valence-corrected chi connectivity index (χ4v) is 3.06. The van der Waals surface area contributed by atoms with Crippen LogP contribution >= 0.6 is 11.3 Å². The number of halogens is 3. The van der Waals surface area contributed by atoms with E-state index in [-0.39, 0.29) is 12.1 Å². The monoisotopic (exact) mass is 365 g/mol. The Morgan fingerprint density at radius 3 is 2.60 bits per heavy atom. The first-order valence-corrected chi connectivity index (χ1v) is 8.38. The molecule has 0 unspecified atom stereocenters. The zero-order chi connectivity index (χ0) is 17.9. The Balaban J connectivity index is 1.88. The number of hydrogen-bond donors (Lipinski definition) is 0. The van der Waals surface area contributed by atoms with Gasteiger partial charge in [0.15, 0.2) is 0 Å². The Kier molecular flexibility index (Phi) is 4.94. The quantitative estimate of drug-likeness (QED) is 0.622. The Labute approximate surface area is 146 Å². The predicted octanol–water partition coefficient (Wildman–Crippen LogP) is 5.20. The molecule has 0 aliphatic rings. The molecule has 3 nitrogen and oxygen atoms in total. The Morgan fingerprint density at radius 2 is 1.96 bits per heavy atom. The maximum atomic E-state index is 12.9. The number of carbonyl (C=O) groups is 1. The summed E-state index contributed by atoms with van der Waals surface area (Å²) in [6.07, 6.45) is -3.00. The highest BCUT2D eigenvalue weighted by Gasteiger charge is 2.31. The SMILES string of the molecule is O=C(c1cccc(C(F)(F)F)c1)N(Cc1ccsc1)Cc1ccco1. The van der Waals surface area contributed by atoms with Crippen LogP contribution in [0.2, 0.25) is 0 Å². The second kappa shape index (κ2) is 7.14. The molecule has 3 aromatic rings. The molecule has 1 aromatic carbocycles. The lowest BCUT2D eigenvalue weighted by Gasteiger charge is -2.22. The molecule has 25 heavy (non-hydrogen) atoms. The standard InChI is InChI=1S/C18H14F3NO2S/c19-18(20,21)15-4-1-3-14(9-15)17(23)22(10-13-6-8-25-12-13)11-16-5-2-7-24-16/h1-9,12H,10-11H2. The van der Waals surface area contributed by atoms with E-state index in [9.17, 15) is 18.0 Å². The van der Waals surface area contributed by atoms with Crippen molar-refractivity contribution >= 4 is 17.2 Å². The number of carbonyl (C=O) groups excluding carboxylic acids is 1. The van der Waals surface area contributed by atoms with Gasteiger partial charge in [-0.05, 0) is 52.7 Å². The fraction of sp³-hybridized carbons (Fsp3) is 0.167. The van der Waals surface area contributed by atoms with Gasteiger partial charge >= 0.3 is 6.18 Å². The van der Waals surface area contributed by atoms with E-state index in [4.69, 9.17) is 4.42 Å². The van der Waals surface area contributed by atoms with Crippen molar-refractivity contribution < 1.29 is 22.4 Å². The molecule has 3 rings (SSSR count). The molecule has 1 amide bonds. The van der Waals surface area contributed by atoms with Gasteiger partial charge in [0, 0.05) is 12.1 Å². The summed E-state index contributed by atoms with van der Waals surface area (Å²) in [5.74, 6) is 0.0873. The maximum absolute atomic E-state index is 12.9. The van der Waals surface area contributed by atoms with Gasteiger partial charge in [-0.25, -0.2) is 0 Å². The van der Waals surface area contributed by atoms with Crippen molar-refractivity contribution in [2.24, 2.45) is 0 Å². The van der Waals surface area contributed by atoms with Crippen LogP contribution in [-0.2, 0) is 19.3 Å². The van der Waals surface area contributed by atoms with Crippen molar-refractivity contribution in [3.05, 3.63) is 81.9 Å². The first-order chi connectivity index (χ1) is 11.9. The molecule has 0 saturated heterocycles. The minimum absolute atomic E-state index is 0.00314. The van der Waals surface area contributed by atoms with Crippen LogP contribution < -0.4 is 0 Å². The summed E-state index contributed by atoms with van der Waals surface area (Å²) in [5.41, 5.74) is 0.0697. The molecule has 0 bridgehead atoms. The van der Waals surface area contributed by atoms with E-state index in [0.717, 1.165) is 17.7 Å². The van der Waals surface area contributed by atoms with Crippen LogP contribution in [0.15, 0.2) is 63.9 Å². The summed E-state index contributed by atoms with van der Waals surface area (Å²) in [4.78, 5) is 14.3. The highest BCUT2D eigenvalue weighted by atomic mass is 32.1. The topological polar surface area (TPSA) is 33.5 Å². The minimum Gasteiger partial charge on any atom is -0.467 e. The van der Waals surface area contributed by atoms with Gasteiger partial charge in [0.1, 0.15) is 5.76 Å². The van der Waals surface area contributed by atoms with E-state index in [1.54, 1.807) is 12.1 Å².